The minimum atomic E-state index is -0.0396. The highest BCUT2D eigenvalue weighted by Gasteiger charge is 2.36. The van der Waals surface area contributed by atoms with E-state index in [4.69, 9.17) is 0 Å². The maximum Gasteiger partial charge on any atom is 0.0883 e. The molecule has 1 aromatic rings. The van der Waals surface area contributed by atoms with E-state index in [9.17, 15) is 0 Å². The highest BCUT2D eigenvalue weighted by molar-refractivity contribution is 5.09. The summed E-state index contributed by atoms with van der Waals surface area (Å²) in [7, 11) is 0. The fourth-order valence-electron chi connectivity index (χ4n) is 1.37. The van der Waals surface area contributed by atoms with Crippen LogP contribution in [0.4, 0.5) is 0 Å². The minimum Gasteiger partial charge on any atom is -0.246 e. The number of hydrogen-bond acceptors (Lipinski definition) is 2. The molecule has 1 heterocycles. The fraction of sp³-hybridized carbons (Fsp3) is 0.857. The van der Waals surface area contributed by atoms with Gasteiger partial charge in [0.1, 0.15) is 0 Å². The molecule has 0 bridgehead atoms. The Kier molecular flexibility index (Phi) is 3.43. The maximum absolute atomic E-state index is 4.35. The molecule has 0 radical (unpaired) electrons. The smallest absolute Gasteiger partial charge is 0.0883 e. The van der Waals surface area contributed by atoms with Crippen molar-refractivity contribution in [2.75, 3.05) is 0 Å². The van der Waals surface area contributed by atoms with E-state index in [1.165, 1.54) is 0 Å². The van der Waals surface area contributed by atoms with E-state index in [0.29, 0.717) is 0 Å². The lowest BCUT2D eigenvalue weighted by Gasteiger charge is -2.38. The molecule has 98 valence electrons. The lowest BCUT2D eigenvalue weighted by molar-refractivity contribution is 0.121. The maximum atomic E-state index is 4.35. The molecule has 0 fully saturated rings. The van der Waals surface area contributed by atoms with Crippen molar-refractivity contribution in [1.82, 2.24) is 15.0 Å². The molecule has 0 N–H and O–H groups in total. The highest BCUT2D eigenvalue weighted by Crippen LogP contribution is 2.36. The van der Waals surface area contributed by atoms with Crippen molar-refractivity contribution in [3.05, 3.63) is 11.9 Å². The normalized spacial score (nSPS) is 14.1. The second-order valence-electron chi connectivity index (χ2n) is 7.09. The zero-order valence-electron chi connectivity index (χ0n) is 12.6. The molecule has 0 aliphatic rings. The Labute approximate surface area is 106 Å². The molecule has 0 spiro atoms. The summed E-state index contributed by atoms with van der Waals surface area (Å²) in [6, 6.07) is 0. The average Bonchev–Trinajstić information content (AvgIpc) is 2.65. The van der Waals surface area contributed by atoms with E-state index in [0.717, 1.165) is 12.1 Å². The molecule has 3 nitrogen and oxygen atoms in total. The van der Waals surface area contributed by atoms with Crippen molar-refractivity contribution in [2.45, 2.75) is 72.8 Å². The first-order valence-electron chi connectivity index (χ1n) is 6.45. The predicted molar refractivity (Wildman–Crippen MR) is 72.1 cm³/mol. The monoisotopic (exact) mass is 237 g/mol. The largest absolute Gasteiger partial charge is 0.246 e. The molecule has 0 saturated carbocycles. The van der Waals surface area contributed by atoms with Crippen molar-refractivity contribution >= 4 is 0 Å². The number of hydrogen-bond donors (Lipinski definition) is 0. The molecule has 1 aromatic heterocycles. The van der Waals surface area contributed by atoms with E-state index in [2.05, 4.69) is 71.9 Å². The quantitative estimate of drug-likeness (QED) is 0.801. The Morgan fingerprint density at radius 1 is 1.06 bits per heavy atom. The molecular weight excluding hydrogens is 210 g/mol. The third-order valence-corrected chi connectivity index (χ3v) is 4.48. The summed E-state index contributed by atoms with van der Waals surface area (Å²) < 4.78 is 2.01. The molecule has 1 rings (SSSR count). The SMILES string of the molecule is CCC(C)(C)c1cn(C(C)(C)C(C)(C)C)nn1. The van der Waals surface area contributed by atoms with Crippen LogP contribution in [0.25, 0.3) is 0 Å². The summed E-state index contributed by atoms with van der Waals surface area (Å²) in [5, 5.41) is 8.69. The zero-order valence-corrected chi connectivity index (χ0v) is 12.6. The van der Waals surface area contributed by atoms with Crippen molar-refractivity contribution in [3.63, 3.8) is 0 Å². The summed E-state index contributed by atoms with van der Waals surface area (Å²) in [6.45, 7) is 17.7. The van der Waals surface area contributed by atoms with Gasteiger partial charge in [0, 0.05) is 11.6 Å². The van der Waals surface area contributed by atoms with Crippen LogP contribution in [0.3, 0.4) is 0 Å². The Morgan fingerprint density at radius 3 is 2.00 bits per heavy atom. The van der Waals surface area contributed by atoms with Gasteiger partial charge >= 0.3 is 0 Å². The third kappa shape index (κ3) is 2.53. The molecule has 0 aliphatic carbocycles. The van der Waals surface area contributed by atoms with Crippen LogP contribution >= 0.6 is 0 Å². The van der Waals surface area contributed by atoms with Crippen molar-refractivity contribution in [1.29, 1.82) is 0 Å². The lowest BCUT2D eigenvalue weighted by Crippen LogP contribution is -2.40. The molecule has 0 aromatic carbocycles. The van der Waals surface area contributed by atoms with Gasteiger partial charge in [-0.3, -0.25) is 0 Å². The van der Waals surface area contributed by atoms with Gasteiger partial charge in [0.05, 0.1) is 11.2 Å². The van der Waals surface area contributed by atoms with E-state index in [1.54, 1.807) is 0 Å². The third-order valence-electron chi connectivity index (χ3n) is 4.48. The molecule has 0 amide bonds. The lowest BCUT2D eigenvalue weighted by atomic mass is 9.76. The highest BCUT2D eigenvalue weighted by atomic mass is 15.5. The van der Waals surface area contributed by atoms with Crippen LogP contribution in [0.15, 0.2) is 6.20 Å². The van der Waals surface area contributed by atoms with Crippen LogP contribution in [0, 0.1) is 5.41 Å². The van der Waals surface area contributed by atoms with Gasteiger partial charge < -0.3 is 0 Å². The second-order valence-corrected chi connectivity index (χ2v) is 7.09. The number of nitrogens with zero attached hydrogens (tertiary/aromatic N) is 3. The zero-order chi connectivity index (χ0) is 13.5. The second kappa shape index (κ2) is 4.11. The summed E-state index contributed by atoms with van der Waals surface area (Å²) in [5.74, 6) is 0. The van der Waals surface area contributed by atoms with Crippen LogP contribution in [0.1, 0.15) is 67.5 Å². The molecule has 0 saturated heterocycles. The van der Waals surface area contributed by atoms with Crippen LogP contribution in [0.5, 0.6) is 0 Å². The van der Waals surface area contributed by atoms with Gasteiger partial charge in [0.2, 0.25) is 0 Å². The van der Waals surface area contributed by atoms with Crippen LogP contribution in [-0.2, 0) is 11.0 Å². The van der Waals surface area contributed by atoms with Crippen LogP contribution < -0.4 is 0 Å². The summed E-state index contributed by atoms with van der Waals surface area (Å²) >= 11 is 0. The van der Waals surface area contributed by atoms with Gasteiger partial charge in [-0.2, -0.15) is 0 Å². The van der Waals surface area contributed by atoms with Crippen molar-refractivity contribution in [3.8, 4) is 0 Å². The van der Waals surface area contributed by atoms with Crippen molar-refractivity contribution in [2.24, 2.45) is 5.41 Å². The van der Waals surface area contributed by atoms with Crippen molar-refractivity contribution < 1.29 is 0 Å². The Hall–Kier alpha value is -0.860. The van der Waals surface area contributed by atoms with Gasteiger partial charge in [-0.05, 0) is 25.7 Å². The van der Waals surface area contributed by atoms with E-state index in [1.807, 2.05) is 4.68 Å². The first-order valence-corrected chi connectivity index (χ1v) is 6.45. The molecule has 0 unspecified atom stereocenters. The average molecular weight is 237 g/mol. The summed E-state index contributed by atoms with van der Waals surface area (Å²) in [4.78, 5) is 0. The van der Waals surface area contributed by atoms with Crippen LogP contribution in [-0.4, -0.2) is 15.0 Å². The molecule has 0 atom stereocenters. The van der Waals surface area contributed by atoms with E-state index < -0.39 is 0 Å². The van der Waals surface area contributed by atoms with E-state index >= 15 is 0 Å². The molecule has 0 aliphatic heterocycles. The number of aromatic nitrogens is 3. The van der Waals surface area contributed by atoms with Gasteiger partial charge in [-0.25, -0.2) is 4.68 Å². The first kappa shape index (κ1) is 14.2. The Balaban J connectivity index is 3.12. The van der Waals surface area contributed by atoms with Gasteiger partial charge in [-0.1, -0.05) is 46.8 Å². The number of rotatable bonds is 3. The molecular formula is C14H27N3. The van der Waals surface area contributed by atoms with E-state index in [-0.39, 0.29) is 16.4 Å². The standard InChI is InChI=1S/C14H27N3/c1-9-13(5,6)11-10-17(16-15-11)14(7,8)12(2,3)4/h10H,9H2,1-8H3. The minimum absolute atomic E-state index is 0.0396. The van der Waals surface area contributed by atoms with Gasteiger partial charge in [0.25, 0.3) is 0 Å². The Bertz CT molecular complexity index is 380. The topological polar surface area (TPSA) is 30.7 Å². The summed E-state index contributed by atoms with van der Waals surface area (Å²) in [6.07, 6.45) is 3.18. The predicted octanol–water partition coefficient (Wildman–Crippen LogP) is 3.75. The van der Waals surface area contributed by atoms with Gasteiger partial charge in [-0.15, -0.1) is 5.10 Å². The summed E-state index contributed by atoms with van der Waals surface area (Å²) in [5.41, 5.74) is 1.29. The molecule has 3 heteroatoms. The Morgan fingerprint density at radius 2 is 1.59 bits per heavy atom. The van der Waals surface area contributed by atoms with Crippen LogP contribution in [0.2, 0.25) is 0 Å². The molecule has 17 heavy (non-hydrogen) atoms. The fourth-order valence-corrected chi connectivity index (χ4v) is 1.37. The van der Waals surface area contributed by atoms with Gasteiger partial charge in [0.15, 0.2) is 0 Å². The first-order chi connectivity index (χ1) is 7.52.